The molecule has 1 aliphatic heterocycles. The monoisotopic (exact) mass is 373 g/mol. The molecule has 7 heteroatoms. The maximum Gasteiger partial charge on any atom is 0.227 e. The van der Waals surface area contributed by atoms with Gasteiger partial charge in [0.1, 0.15) is 5.01 Å². The minimum absolute atomic E-state index is 0.00185. The minimum atomic E-state index is -0.00185. The normalized spacial score (nSPS) is 17.3. The molecule has 3 rings (SSSR count). The minimum Gasteiger partial charge on any atom is -0.304 e. The van der Waals surface area contributed by atoms with Crippen molar-refractivity contribution in [1.82, 2.24) is 20.0 Å². The van der Waals surface area contributed by atoms with E-state index in [4.69, 9.17) is 0 Å². The van der Waals surface area contributed by atoms with Crippen molar-refractivity contribution in [1.29, 1.82) is 0 Å². The maximum absolute atomic E-state index is 12.1. The van der Waals surface area contributed by atoms with Gasteiger partial charge in [0.25, 0.3) is 0 Å². The topological polar surface area (TPSA) is 61.4 Å². The van der Waals surface area contributed by atoms with E-state index in [1.54, 1.807) is 0 Å². The summed E-state index contributed by atoms with van der Waals surface area (Å²) in [6.07, 6.45) is 2.37. The first kappa shape index (κ1) is 18.9. The van der Waals surface area contributed by atoms with Crippen LogP contribution in [0.4, 0.5) is 5.13 Å². The van der Waals surface area contributed by atoms with E-state index in [0.29, 0.717) is 17.6 Å². The van der Waals surface area contributed by atoms with Gasteiger partial charge >= 0.3 is 0 Å². The van der Waals surface area contributed by atoms with E-state index < -0.39 is 0 Å². The summed E-state index contributed by atoms with van der Waals surface area (Å²) in [5.74, 6) is -0.00185. The molecular formula is C19H27N5OS. The van der Waals surface area contributed by atoms with Crippen molar-refractivity contribution in [3.63, 3.8) is 0 Å². The zero-order valence-corrected chi connectivity index (χ0v) is 16.6. The van der Waals surface area contributed by atoms with Crippen LogP contribution >= 0.6 is 11.3 Å². The predicted molar refractivity (Wildman–Crippen MR) is 105 cm³/mol. The van der Waals surface area contributed by atoms with E-state index in [0.717, 1.165) is 37.5 Å². The van der Waals surface area contributed by atoms with Crippen LogP contribution in [0.25, 0.3) is 0 Å². The zero-order chi connectivity index (χ0) is 18.5. The number of carbonyl (C=O) groups is 1. The number of carbonyl (C=O) groups excluding carboxylic acids is 1. The summed E-state index contributed by atoms with van der Waals surface area (Å²) in [5, 5.41) is 12.4. The third-order valence-electron chi connectivity index (χ3n) is 4.88. The number of hydrogen-bond donors (Lipinski definition) is 1. The third kappa shape index (κ3) is 4.87. The molecule has 0 spiro atoms. The Morgan fingerprint density at radius 1 is 1.35 bits per heavy atom. The largest absolute Gasteiger partial charge is 0.304 e. The number of fused-ring (bicyclic) bond motifs is 1. The van der Waals surface area contributed by atoms with Crippen LogP contribution in [-0.4, -0.2) is 59.1 Å². The standard InChI is InChI=1S/C19H27N5OS/c1-4-18-21-22-19(26-18)20-17(25)9-10-23(2)13-16-11-14-7-5-6-8-15(14)12-24(16)3/h5-8,16H,4,9-13H2,1-3H3,(H,20,22,25)/t16-/m1/s1. The van der Waals surface area contributed by atoms with Crippen molar-refractivity contribution in [2.24, 2.45) is 0 Å². The van der Waals surface area contributed by atoms with Gasteiger partial charge in [-0.05, 0) is 38.1 Å². The summed E-state index contributed by atoms with van der Waals surface area (Å²) >= 11 is 1.44. The molecular weight excluding hydrogens is 346 g/mol. The summed E-state index contributed by atoms with van der Waals surface area (Å²) in [7, 11) is 4.27. The lowest BCUT2D eigenvalue weighted by molar-refractivity contribution is -0.116. The number of rotatable bonds is 7. The van der Waals surface area contributed by atoms with Crippen LogP contribution in [0.1, 0.15) is 29.5 Å². The number of aryl methyl sites for hydroxylation is 1. The van der Waals surface area contributed by atoms with Crippen molar-refractivity contribution >= 4 is 22.4 Å². The Kier molecular flexibility index (Phi) is 6.34. The van der Waals surface area contributed by atoms with Crippen molar-refractivity contribution in [2.45, 2.75) is 38.8 Å². The van der Waals surface area contributed by atoms with E-state index in [-0.39, 0.29) is 5.91 Å². The fourth-order valence-electron chi connectivity index (χ4n) is 3.29. The molecule has 0 bridgehead atoms. The lowest BCUT2D eigenvalue weighted by Gasteiger charge is -2.36. The summed E-state index contributed by atoms with van der Waals surface area (Å²) < 4.78 is 0. The second-order valence-corrected chi connectivity index (χ2v) is 8.02. The number of hydrogen-bond acceptors (Lipinski definition) is 6. The van der Waals surface area contributed by atoms with Gasteiger partial charge in [-0.3, -0.25) is 9.69 Å². The average molecular weight is 374 g/mol. The highest BCUT2D eigenvalue weighted by atomic mass is 32.1. The molecule has 140 valence electrons. The molecule has 0 saturated carbocycles. The van der Waals surface area contributed by atoms with Gasteiger partial charge < -0.3 is 10.2 Å². The van der Waals surface area contributed by atoms with Gasteiger partial charge in [-0.15, -0.1) is 10.2 Å². The SMILES string of the molecule is CCc1nnc(NC(=O)CCN(C)C[C@H]2Cc3ccccc3CN2C)s1. The van der Waals surface area contributed by atoms with Gasteiger partial charge in [0, 0.05) is 32.1 Å². The molecule has 1 atom stereocenters. The molecule has 0 fully saturated rings. The van der Waals surface area contributed by atoms with Crippen molar-refractivity contribution < 1.29 is 4.79 Å². The van der Waals surface area contributed by atoms with E-state index in [1.165, 1.54) is 22.5 Å². The summed E-state index contributed by atoms with van der Waals surface area (Å²) in [6.45, 7) is 4.71. The highest BCUT2D eigenvalue weighted by Crippen LogP contribution is 2.22. The Bertz CT molecular complexity index is 747. The number of anilines is 1. The number of aromatic nitrogens is 2. The van der Waals surface area contributed by atoms with E-state index in [1.807, 2.05) is 6.92 Å². The van der Waals surface area contributed by atoms with Gasteiger partial charge in [-0.2, -0.15) is 0 Å². The molecule has 1 aromatic carbocycles. The molecule has 1 N–H and O–H groups in total. The third-order valence-corrected chi connectivity index (χ3v) is 5.86. The zero-order valence-electron chi connectivity index (χ0n) is 15.7. The number of amides is 1. The van der Waals surface area contributed by atoms with Gasteiger partial charge in [-0.25, -0.2) is 0 Å². The number of nitrogens with one attached hydrogen (secondary N) is 1. The number of nitrogens with zero attached hydrogens (tertiary/aromatic N) is 4. The van der Waals surface area contributed by atoms with Gasteiger partial charge in [-0.1, -0.05) is 42.5 Å². The maximum atomic E-state index is 12.1. The average Bonchev–Trinajstić information content (AvgIpc) is 3.08. The molecule has 1 aromatic heterocycles. The van der Waals surface area contributed by atoms with Gasteiger partial charge in [0.15, 0.2) is 0 Å². The highest BCUT2D eigenvalue weighted by Gasteiger charge is 2.24. The first-order valence-corrected chi connectivity index (χ1v) is 9.94. The van der Waals surface area contributed by atoms with Crippen molar-refractivity contribution in [3.05, 3.63) is 40.4 Å². The Morgan fingerprint density at radius 3 is 2.85 bits per heavy atom. The molecule has 6 nitrogen and oxygen atoms in total. The van der Waals surface area contributed by atoms with Gasteiger partial charge in [0.2, 0.25) is 11.0 Å². The van der Waals surface area contributed by atoms with E-state index >= 15 is 0 Å². The molecule has 0 aliphatic carbocycles. The second kappa shape index (κ2) is 8.70. The van der Waals surface area contributed by atoms with Crippen LogP contribution in [0.15, 0.2) is 24.3 Å². The molecule has 1 aliphatic rings. The first-order valence-electron chi connectivity index (χ1n) is 9.13. The van der Waals surface area contributed by atoms with Gasteiger partial charge in [0.05, 0.1) is 0 Å². The molecule has 0 saturated heterocycles. The summed E-state index contributed by atoms with van der Waals surface area (Å²) in [5.41, 5.74) is 2.88. The summed E-state index contributed by atoms with van der Waals surface area (Å²) in [4.78, 5) is 16.8. The Morgan fingerprint density at radius 2 is 2.12 bits per heavy atom. The predicted octanol–water partition coefficient (Wildman–Crippen LogP) is 2.42. The van der Waals surface area contributed by atoms with Crippen LogP contribution in [0.5, 0.6) is 0 Å². The van der Waals surface area contributed by atoms with E-state index in [2.05, 4.69) is 63.7 Å². The smallest absolute Gasteiger partial charge is 0.227 e. The van der Waals surface area contributed by atoms with Crippen LogP contribution in [0.2, 0.25) is 0 Å². The number of likely N-dealkylation sites (N-methyl/N-ethyl adjacent to an activating group) is 2. The number of benzene rings is 1. The lowest BCUT2D eigenvalue weighted by Crippen LogP contribution is -2.45. The fraction of sp³-hybridized carbons (Fsp3) is 0.526. The Balaban J connectivity index is 1.45. The lowest BCUT2D eigenvalue weighted by atomic mass is 9.94. The molecule has 1 amide bonds. The molecule has 2 heterocycles. The fourth-order valence-corrected chi connectivity index (χ4v) is 3.99. The van der Waals surface area contributed by atoms with Crippen LogP contribution in [0, 0.1) is 0 Å². The first-order chi connectivity index (χ1) is 12.5. The van der Waals surface area contributed by atoms with E-state index in [9.17, 15) is 4.79 Å². The molecule has 26 heavy (non-hydrogen) atoms. The van der Waals surface area contributed by atoms with Crippen LogP contribution in [-0.2, 0) is 24.2 Å². The molecule has 2 aromatic rings. The molecule has 0 radical (unpaired) electrons. The second-order valence-electron chi connectivity index (χ2n) is 6.96. The molecule has 0 unspecified atom stereocenters. The highest BCUT2D eigenvalue weighted by molar-refractivity contribution is 7.15. The Hall–Kier alpha value is -1.83. The van der Waals surface area contributed by atoms with Crippen molar-refractivity contribution in [3.8, 4) is 0 Å². The van der Waals surface area contributed by atoms with Crippen LogP contribution in [0.3, 0.4) is 0 Å². The quantitative estimate of drug-likeness (QED) is 0.808. The summed E-state index contributed by atoms with van der Waals surface area (Å²) in [6, 6.07) is 9.16. The Labute approximate surface area is 159 Å². The van der Waals surface area contributed by atoms with Crippen LogP contribution < -0.4 is 5.32 Å². The van der Waals surface area contributed by atoms with Crippen molar-refractivity contribution in [2.75, 3.05) is 32.5 Å².